The van der Waals surface area contributed by atoms with Crippen LogP contribution in [0, 0.1) is 0 Å². The monoisotopic (exact) mass is 545 g/mol. The maximum atomic E-state index is 5.53. The summed E-state index contributed by atoms with van der Waals surface area (Å²) in [6, 6.07) is 19.3. The van der Waals surface area contributed by atoms with Crippen LogP contribution in [0.2, 0.25) is 0 Å². The van der Waals surface area contributed by atoms with Crippen LogP contribution in [-0.4, -0.2) is 18.4 Å². The van der Waals surface area contributed by atoms with Crippen LogP contribution in [-0.2, 0) is 22.7 Å². The number of rotatable bonds is 0. The second-order valence-corrected chi connectivity index (χ2v) is 14.2. The lowest BCUT2D eigenvalue weighted by atomic mass is 9.86. The van der Waals surface area contributed by atoms with E-state index in [4.69, 9.17) is 14.2 Å². The van der Waals surface area contributed by atoms with Gasteiger partial charge in [-0.05, 0) is 68.8 Å². The highest BCUT2D eigenvalue weighted by atomic mass is 32.1. The summed E-state index contributed by atoms with van der Waals surface area (Å²) in [6.07, 6.45) is 1.07. The van der Waals surface area contributed by atoms with E-state index >= 15 is 0 Å². The zero-order valence-corrected chi connectivity index (χ0v) is 25.8. The molecule has 39 heavy (non-hydrogen) atoms. The van der Waals surface area contributed by atoms with Gasteiger partial charge in [-0.15, -0.1) is 11.3 Å². The molecule has 208 valence electrons. The summed E-state index contributed by atoms with van der Waals surface area (Å²) in [7, 11) is 0. The van der Waals surface area contributed by atoms with Crippen LogP contribution >= 0.6 is 11.3 Å². The van der Waals surface area contributed by atoms with Crippen molar-refractivity contribution in [3.05, 3.63) is 82.4 Å². The maximum absolute atomic E-state index is 5.53. The molecule has 0 aliphatic carbocycles. The van der Waals surface area contributed by atoms with Crippen LogP contribution in [0.1, 0.15) is 84.6 Å². The SMILES string of the molecule is CC(C)(C)c1ccc2c(c1)OCC2.CC(C)(C)c1ccc2c(c1)OCO2.CC(C)(C)c1ccc2scnc2c1. The van der Waals surface area contributed by atoms with Crippen LogP contribution in [0.3, 0.4) is 0 Å². The van der Waals surface area contributed by atoms with Gasteiger partial charge in [0.15, 0.2) is 11.5 Å². The largest absolute Gasteiger partial charge is 0.493 e. The number of hydrogen-bond acceptors (Lipinski definition) is 5. The molecule has 0 spiro atoms. The molecule has 0 fully saturated rings. The molecule has 0 saturated heterocycles. The van der Waals surface area contributed by atoms with E-state index in [-0.39, 0.29) is 16.2 Å². The summed E-state index contributed by atoms with van der Waals surface area (Å²) in [5.74, 6) is 2.81. The lowest BCUT2D eigenvalue weighted by Gasteiger charge is -2.19. The molecule has 6 rings (SSSR count). The van der Waals surface area contributed by atoms with Gasteiger partial charge in [0.25, 0.3) is 0 Å². The fourth-order valence-electron chi connectivity index (χ4n) is 4.32. The van der Waals surface area contributed by atoms with Crippen molar-refractivity contribution < 1.29 is 14.2 Å². The average molecular weight is 546 g/mol. The van der Waals surface area contributed by atoms with Gasteiger partial charge in [-0.2, -0.15) is 0 Å². The summed E-state index contributed by atoms with van der Waals surface area (Å²) < 4.78 is 17.4. The van der Waals surface area contributed by atoms with Gasteiger partial charge in [-0.1, -0.05) is 86.6 Å². The quantitative estimate of drug-likeness (QED) is 0.221. The summed E-state index contributed by atoms with van der Waals surface area (Å²) in [5.41, 5.74) is 8.97. The van der Waals surface area contributed by atoms with Crippen LogP contribution in [0.4, 0.5) is 0 Å². The molecule has 2 aliphatic rings. The molecule has 4 nitrogen and oxygen atoms in total. The molecule has 3 aromatic carbocycles. The van der Waals surface area contributed by atoms with Gasteiger partial charge in [0.05, 0.1) is 22.3 Å². The van der Waals surface area contributed by atoms with Gasteiger partial charge >= 0.3 is 0 Å². The molecular weight excluding hydrogens is 502 g/mol. The van der Waals surface area contributed by atoms with E-state index in [9.17, 15) is 0 Å². The first-order valence-corrected chi connectivity index (χ1v) is 14.6. The van der Waals surface area contributed by atoms with E-state index in [1.165, 1.54) is 27.0 Å². The van der Waals surface area contributed by atoms with Crippen molar-refractivity contribution in [2.45, 2.75) is 85.0 Å². The summed E-state index contributed by atoms with van der Waals surface area (Å²) >= 11 is 1.70. The second kappa shape index (κ2) is 11.2. The van der Waals surface area contributed by atoms with E-state index in [2.05, 4.69) is 116 Å². The molecule has 0 unspecified atom stereocenters. The predicted octanol–water partition coefficient (Wildman–Crippen LogP) is 9.23. The number of hydrogen-bond donors (Lipinski definition) is 0. The highest BCUT2D eigenvalue weighted by Gasteiger charge is 2.20. The lowest BCUT2D eigenvalue weighted by molar-refractivity contribution is 0.174. The highest BCUT2D eigenvalue weighted by molar-refractivity contribution is 7.16. The Bertz CT molecular complexity index is 1350. The smallest absolute Gasteiger partial charge is 0.231 e. The molecule has 0 saturated carbocycles. The van der Waals surface area contributed by atoms with Crippen molar-refractivity contribution in [3.63, 3.8) is 0 Å². The molecule has 4 aromatic rings. The Morgan fingerprint density at radius 2 is 1.18 bits per heavy atom. The molecule has 0 radical (unpaired) electrons. The Morgan fingerprint density at radius 1 is 0.615 bits per heavy atom. The van der Waals surface area contributed by atoms with Crippen molar-refractivity contribution in [1.29, 1.82) is 0 Å². The Morgan fingerprint density at radius 3 is 1.85 bits per heavy atom. The number of nitrogens with zero attached hydrogens (tertiary/aromatic N) is 1. The Labute approximate surface area is 238 Å². The number of ether oxygens (including phenoxy) is 3. The molecule has 0 bridgehead atoms. The average Bonchev–Trinajstić information content (AvgIpc) is 3.62. The first-order chi connectivity index (χ1) is 18.2. The van der Waals surface area contributed by atoms with Crippen molar-refractivity contribution in [2.24, 2.45) is 0 Å². The van der Waals surface area contributed by atoms with Crippen LogP contribution in [0.25, 0.3) is 10.2 Å². The fourth-order valence-corrected chi connectivity index (χ4v) is 4.98. The zero-order valence-electron chi connectivity index (χ0n) is 25.0. The minimum Gasteiger partial charge on any atom is -0.493 e. The number of benzene rings is 3. The van der Waals surface area contributed by atoms with Gasteiger partial charge in [0.2, 0.25) is 6.79 Å². The van der Waals surface area contributed by atoms with E-state index in [0.717, 1.165) is 35.8 Å². The Balaban J connectivity index is 0.000000136. The minimum absolute atomic E-state index is 0.168. The van der Waals surface area contributed by atoms with Crippen molar-refractivity contribution in [3.8, 4) is 17.2 Å². The lowest BCUT2D eigenvalue weighted by Crippen LogP contribution is -2.10. The first-order valence-electron chi connectivity index (χ1n) is 13.7. The molecule has 0 N–H and O–H groups in total. The van der Waals surface area contributed by atoms with E-state index < -0.39 is 0 Å². The molecule has 5 heteroatoms. The van der Waals surface area contributed by atoms with Crippen molar-refractivity contribution >= 4 is 21.6 Å². The molecule has 3 heterocycles. The maximum Gasteiger partial charge on any atom is 0.231 e. The first kappa shape index (κ1) is 28.9. The summed E-state index contributed by atoms with van der Waals surface area (Å²) in [6.45, 7) is 21.1. The van der Waals surface area contributed by atoms with Gasteiger partial charge in [0, 0.05) is 6.42 Å². The molecule has 2 aliphatic heterocycles. The number of fused-ring (bicyclic) bond motifs is 3. The third-order valence-corrected chi connectivity index (χ3v) is 7.81. The molecule has 0 atom stereocenters. The van der Waals surface area contributed by atoms with Gasteiger partial charge in [-0.25, -0.2) is 4.98 Å². The fraction of sp³-hybridized carbons (Fsp3) is 0.441. The Kier molecular flexibility index (Phi) is 8.32. The standard InChI is InChI=1S/C12H16O.C11H13NS.C11H14O2/c1-12(2,3)10-5-4-9-6-7-13-11(9)8-10;1-11(2,3)8-4-5-10-9(6-8)12-7-13-10;1-11(2,3)8-4-5-9-10(6-8)13-7-12-9/h4-5,8H,6-7H2,1-3H3;4-7H,1-3H3;4-6H,7H2,1-3H3. The van der Waals surface area contributed by atoms with Crippen LogP contribution < -0.4 is 14.2 Å². The normalized spacial score (nSPS) is 14.1. The van der Waals surface area contributed by atoms with Crippen LogP contribution in [0.15, 0.2) is 60.1 Å². The summed E-state index contributed by atoms with van der Waals surface area (Å²) in [4.78, 5) is 4.31. The topological polar surface area (TPSA) is 40.6 Å². The molecule has 1 aromatic heterocycles. The third-order valence-electron chi connectivity index (χ3n) is 7.00. The van der Waals surface area contributed by atoms with Crippen LogP contribution in [0.5, 0.6) is 17.2 Å². The van der Waals surface area contributed by atoms with E-state index in [1.54, 1.807) is 11.3 Å². The van der Waals surface area contributed by atoms with Gasteiger partial charge < -0.3 is 14.2 Å². The second-order valence-electron chi connectivity index (χ2n) is 13.3. The zero-order chi connectivity index (χ0) is 28.4. The van der Waals surface area contributed by atoms with Gasteiger partial charge in [-0.3, -0.25) is 0 Å². The summed E-state index contributed by atoms with van der Waals surface area (Å²) in [5, 5.41) is 0. The van der Waals surface area contributed by atoms with Crippen molar-refractivity contribution in [2.75, 3.05) is 13.4 Å². The highest BCUT2D eigenvalue weighted by Crippen LogP contribution is 2.36. The molecule has 0 amide bonds. The number of thiazole rings is 1. The minimum atomic E-state index is 0.168. The van der Waals surface area contributed by atoms with Gasteiger partial charge in [0.1, 0.15) is 5.75 Å². The Hall–Kier alpha value is -3.05. The third kappa shape index (κ3) is 7.33. The van der Waals surface area contributed by atoms with E-state index in [0.29, 0.717) is 6.79 Å². The predicted molar refractivity (Wildman–Crippen MR) is 164 cm³/mol. The van der Waals surface area contributed by atoms with E-state index in [1.807, 2.05) is 11.6 Å². The van der Waals surface area contributed by atoms with Crippen molar-refractivity contribution in [1.82, 2.24) is 4.98 Å². The molecular formula is C34H43NO3S. The number of aromatic nitrogens is 1.